The molecule has 2 aromatic heterocycles. The molecule has 1 aromatic carbocycles. The number of benzene rings is 1. The summed E-state index contributed by atoms with van der Waals surface area (Å²) in [7, 11) is -3.79. The van der Waals surface area contributed by atoms with Crippen LogP contribution in [0.5, 0.6) is 0 Å². The van der Waals surface area contributed by atoms with E-state index in [1.54, 1.807) is 10.9 Å². The number of nitro benzene ring substituents is 1. The Morgan fingerprint density at radius 3 is 2.45 bits per heavy atom. The maximum Gasteiger partial charge on any atom is 0.269 e. The van der Waals surface area contributed by atoms with Gasteiger partial charge in [-0.25, -0.2) is 27.8 Å². The lowest BCUT2D eigenvalue weighted by Gasteiger charge is -2.21. The van der Waals surface area contributed by atoms with Crippen LogP contribution in [-0.4, -0.2) is 52.7 Å². The van der Waals surface area contributed by atoms with Crippen LogP contribution in [0.2, 0.25) is 0 Å². The van der Waals surface area contributed by atoms with Gasteiger partial charge in [-0.05, 0) is 25.0 Å². The quantitative estimate of drug-likeness (QED) is 0.431. The largest absolute Gasteiger partial charge is 0.356 e. The number of nitro groups is 1. The molecule has 0 unspecified atom stereocenters. The standard InChI is InChI=1S/C19H23N7O4S/c27-26(28)15-5-7-16(8-6-15)31(29,30)23-9-12-25-19-17(13-22-25)18(20-14-21-19)24-10-3-1-2-4-11-24/h5-8,13-14,23H,1-4,9-12H2. The van der Waals surface area contributed by atoms with E-state index in [9.17, 15) is 18.5 Å². The minimum Gasteiger partial charge on any atom is -0.356 e. The van der Waals surface area contributed by atoms with E-state index in [4.69, 9.17) is 0 Å². The predicted molar refractivity (Wildman–Crippen MR) is 114 cm³/mol. The summed E-state index contributed by atoms with van der Waals surface area (Å²) in [5.41, 5.74) is 0.491. The van der Waals surface area contributed by atoms with Crippen molar-refractivity contribution >= 4 is 32.6 Å². The van der Waals surface area contributed by atoms with Crippen LogP contribution in [0, 0.1) is 10.1 Å². The van der Waals surface area contributed by atoms with Gasteiger partial charge >= 0.3 is 0 Å². The zero-order valence-corrected chi connectivity index (χ0v) is 17.7. The summed E-state index contributed by atoms with van der Waals surface area (Å²) in [6.07, 6.45) is 7.94. The summed E-state index contributed by atoms with van der Waals surface area (Å²) in [5.74, 6) is 0.865. The molecule has 0 amide bonds. The van der Waals surface area contributed by atoms with E-state index in [-0.39, 0.29) is 23.7 Å². The summed E-state index contributed by atoms with van der Waals surface area (Å²) in [6, 6.07) is 4.75. The molecule has 0 radical (unpaired) electrons. The number of nitrogens with one attached hydrogen (secondary N) is 1. The van der Waals surface area contributed by atoms with Gasteiger partial charge in [-0.15, -0.1) is 0 Å². The molecule has 1 N–H and O–H groups in total. The SMILES string of the molecule is O=[N+]([O-])c1ccc(S(=O)(=O)NCCn2ncc3c(N4CCCCCC4)ncnc32)cc1. The van der Waals surface area contributed by atoms with E-state index in [1.165, 1.54) is 31.3 Å². The lowest BCUT2D eigenvalue weighted by Crippen LogP contribution is -2.28. The molecule has 0 spiro atoms. The fourth-order valence-corrected chi connectivity index (χ4v) is 4.72. The van der Waals surface area contributed by atoms with Crippen LogP contribution >= 0.6 is 0 Å². The van der Waals surface area contributed by atoms with Crippen molar-refractivity contribution in [3.63, 3.8) is 0 Å². The van der Waals surface area contributed by atoms with Gasteiger partial charge in [-0.1, -0.05) is 12.8 Å². The Balaban J connectivity index is 1.45. The lowest BCUT2D eigenvalue weighted by atomic mass is 10.2. The highest BCUT2D eigenvalue weighted by atomic mass is 32.2. The molecule has 1 aliphatic rings. The first-order valence-electron chi connectivity index (χ1n) is 10.1. The molecular weight excluding hydrogens is 422 g/mol. The van der Waals surface area contributed by atoms with Crippen LogP contribution in [0.15, 0.2) is 41.7 Å². The van der Waals surface area contributed by atoms with Crippen molar-refractivity contribution in [3.05, 3.63) is 46.9 Å². The number of sulfonamides is 1. The molecule has 1 aliphatic heterocycles. The lowest BCUT2D eigenvalue weighted by molar-refractivity contribution is -0.384. The van der Waals surface area contributed by atoms with Crippen molar-refractivity contribution in [2.24, 2.45) is 0 Å². The monoisotopic (exact) mass is 445 g/mol. The smallest absolute Gasteiger partial charge is 0.269 e. The molecule has 0 bridgehead atoms. The predicted octanol–water partition coefficient (Wildman–Crippen LogP) is 2.09. The molecule has 11 nitrogen and oxygen atoms in total. The van der Waals surface area contributed by atoms with Crippen LogP contribution in [0.4, 0.5) is 11.5 Å². The molecule has 3 heterocycles. The summed E-state index contributed by atoms with van der Waals surface area (Å²) in [5, 5.41) is 16.0. The van der Waals surface area contributed by atoms with Gasteiger partial charge in [-0.2, -0.15) is 5.10 Å². The Labute approximate surface area is 179 Å². The molecule has 4 rings (SSSR count). The first-order chi connectivity index (χ1) is 15.0. The molecule has 1 saturated heterocycles. The highest BCUT2D eigenvalue weighted by Gasteiger charge is 2.18. The van der Waals surface area contributed by atoms with Gasteiger partial charge in [0.05, 0.1) is 27.9 Å². The second-order valence-corrected chi connectivity index (χ2v) is 9.12. The van der Waals surface area contributed by atoms with E-state index >= 15 is 0 Å². The Hall–Kier alpha value is -3.12. The normalized spacial score (nSPS) is 15.2. The molecule has 0 saturated carbocycles. The summed E-state index contributed by atoms with van der Waals surface area (Å²) in [6.45, 7) is 2.28. The van der Waals surface area contributed by atoms with Crippen molar-refractivity contribution in [1.29, 1.82) is 0 Å². The first kappa shape index (κ1) is 21.1. The Morgan fingerprint density at radius 1 is 1.06 bits per heavy atom. The molecule has 1 fully saturated rings. The molecule has 164 valence electrons. The van der Waals surface area contributed by atoms with E-state index in [2.05, 4.69) is 24.7 Å². The first-order valence-corrected chi connectivity index (χ1v) is 11.6. The summed E-state index contributed by atoms with van der Waals surface area (Å²) in [4.78, 5) is 21.2. The maximum absolute atomic E-state index is 12.5. The summed E-state index contributed by atoms with van der Waals surface area (Å²) < 4.78 is 29.1. The van der Waals surface area contributed by atoms with Gasteiger partial charge in [0.1, 0.15) is 12.1 Å². The van der Waals surface area contributed by atoms with E-state index in [0.29, 0.717) is 5.65 Å². The number of anilines is 1. The van der Waals surface area contributed by atoms with Crippen LogP contribution in [0.1, 0.15) is 25.7 Å². The van der Waals surface area contributed by atoms with Crippen LogP contribution < -0.4 is 9.62 Å². The molecule has 31 heavy (non-hydrogen) atoms. The van der Waals surface area contributed by atoms with E-state index < -0.39 is 14.9 Å². The minimum atomic E-state index is -3.79. The fourth-order valence-electron chi connectivity index (χ4n) is 3.69. The Bertz CT molecular complexity index is 1170. The van der Waals surface area contributed by atoms with Gasteiger partial charge in [0.25, 0.3) is 5.69 Å². The van der Waals surface area contributed by atoms with Gasteiger partial charge in [-0.3, -0.25) is 10.1 Å². The van der Waals surface area contributed by atoms with Gasteiger partial charge in [0, 0.05) is 31.8 Å². The van der Waals surface area contributed by atoms with E-state index in [1.807, 2.05) is 0 Å². The molecular formula is C19H23N7O4S. The summed E-state index contributed by atoms with van der Waals surface area (Å²) >= 11 is 0. The number of hydrogen-bond donors (Lipinski definition) is 1. The Morgan fingerprint density at radius 2 is 1.77 bits per heavy atom. The highest BCUT2D eigenvalue weighted by Crippen LogP contribution is 2.25. The highest BCUT2D eigenvalue weighted by molar-refractivity contribution is 7.89. The van der Waals surface area contributed by atoms with Crippen LogP contribution in [-0.2, 0) is 16.6 Å². The number of fused-ring (bicyclic) bond motifs is 1. The van der Waals surface area contributed by atoms with Crippen molar-refractivity contribution in [2.75, 3.05) is 24.5 Å². The van der Waals surface area contributed by atoms with Crippen LogP contribution in [0.3, 0.4) is 0 Å². The van der Waals surface area contributed by atoms with Crippen molar-refractivity contribution in [2.45, 2.75) is 37.1 Å². The zero-order chi connectivity index (χ0) is 21.8. The maximum atomic E-state index is 12.5. The average Bonchev–Trinajstić information content (AvgIpc) is 2.99. The van der Waals surface area contributed by atoms with Gasteiger partial charge in [0.15, 0.2) is 5.65 Å². The third-order valence-electron chi connectivity index (χ3n) is 5.29. The van der Waals surface area contributed by atoms with Gasteiger partial charge < -0.3 is 4.90 Å². The van der Waals surface area contributed by atoms with Crippen molar-refractivity contribution in [3.8, 4) is 0 Å². The fraction of sp³-hybridized carbons (Fsp3) is 0.421. The second kappa shape index (κ2) is 8.94. The van der Waals surface area contributed by atoms with Crippen molar-refractivity contribution < 1.29 is 13.3 Å². The number of nitrogens with zero attached hydrogens (tertiary/aromatic N) is 6. The third-order valence-corrected chi connectivity index (χ3v) is 6.77. The van der Waals surface area contributed by atoms with Crippen molar-refractivity contribution in [1.82, 2.24) is 24.5 Å². The number of rotatable bonds is 7. The molecule has 12 heteroatoms. The number of non-ortho nitro benzene ring substituents is 1. The average molecular weight is 446 g/mol. The zero-order valence-electron chi connectivity index (χ0n) is 16.8. The number of aromatic nitrogens is 4. The van der Waals surface area contributed by atoms with Crippen LogP contribution in [0.25, 0.3) is 11.0 Å². The molecule has 0 aliphatic carbocycles. The second-order valence-electron chi connectivity index (χ2n) is 7.35. The molecule has 0 atom stereocenters. The van der Waals surface area contributed by atoms with Gasteiger partial charge in [0.2, 0.25) is 10.0 Å². The third kappa shape index (κ3) is 4.64. The van der Waals surface area contributed by atoms with E-state index in [0.717, 1.165) is 49.3 Å². The Kier molecular flexibility index (Phi) is 6.09. The topological polar surface area (TPSA) is 136 Å². The minimum absolute atomic E-state index is 0.0331. The number of hydrogen-bond acceptors (Lipinski definition) is 8. The molecule has 3 aromatic rings.